The molecule has 1 aromatic rings. The van der Waals surface area contributed by atoms with Crippen LogP contribution in [0.4, 0.5) is 4.79 Å². The molecule has 1 unspecified atom stereocenters. The molecule has 0 saturated carbocycles. The van der Waals surface area contributed by atoms with Crippen LogP contribution in [0.1, 0.15) is 32.9 Å². The molecule has 2 heterocycles. The smallest absolute Gasteiger partial charge is 0.407 e. The zero-order valence-corrected chi connectivity index (χ0v) is 12.4. The molecule has 20 heavy (non-hydrogen) atoms. The van der Waals surface area contributed by atoms with E-state index in [1.54, 1.807) is 0 Å². The Hall–Kier alpha value is -1.62. The second kappa shape index (κ2) is 6.22. The van der Waals surface area contributed by atoms with Crippen molar-refractivity contribution in [3.63, 3.8) is 0 Å². The van der Waals surface area contributed by atoms with E-state index in [1.807, 2.05) is 45.2 Å². The van der Waals surface area contributed by atoms with Gasteiger partial charge < -0.3 is 10.1 Å². The van der Waals surface area contributed by atoms with Crippen molar-refractivity contribution in [1.29, 1.82) is 0 Å². The fourth-order valence-electron chi connectivity index (χ4n) is 2.29. The summed E-state index contributed by atoms with van der Waals surface area (Å²) in [5, 5.41) is 2.93. The summed E-state index contributed by atoms with van der Waals surface area (Å²) in [6.07, 6.45) is 2.43. The Labute approximate surface area is 120 Å². The molecule has 0 radical (unpaired) electrons. The molecule has 0 spiro atoms. The molecule has 5 nitrogen and oxygen atoms in total. The van der Waals surface area contributed by atoms with E-state index in [-0.39, 0.29) is 12.1 Å². The summed E-state index contributed by atoms with van der Waals surface area (Å²) >= 11 is 0. The van der Waals surface area contributed by atoms with Crippen LogP contribution in [0.25, 0.3) is 0 Å². The van der Waals surface area contributed by atoms with E-state index in [2.05, 4.69) is 15.2 Å². The van der Waals surface area contributed by atoms with Crippen LogP contribution >= 0.6 is 0 Å². The number of ether oxygens (including phenoxy) is 1. The minimum Gasteiger partial charge on any atom is -0.444 e. The molecule has 1 saturated heterocycles. The van der Waals surface area contributed by atoms with Crippen LogP contribution in [0.15, 0.2) is 24.4 Å². The van der Waals surface area contributed by atoms with Crippen LogP contribution in [0, 0.1) is 0 Å². The zero-order valence-electron chi connectivity index (χ0n) is 12.4. The molecule has 1 atom stereocenters. The first kappa shape index (κ1) is 14.8. The second-order valence-electron chi connectivity index (χ2n) is 6.19. The highest BCUT2D eigenvalue weighted by Crippen LogP contribution is 2.13. The number of nitrogens with zero attached hydrogens (tertiary/aromatic N) is 2. The Morgan fingerprint density at radius 3 is 2.95 bits per heavy atom. The van der Waals surface area contributed by atoms with Crippen molar-refractivity contribution in [3.8, 4) is 0 Å². The minimum absolute atomic E-state index is 0.161. The summed E-state index contributed by atoms with van der Waals surface area (Å²) in [6.45, 7) is 8.25. The van der Waals surface area contributed by atoms with E-state index >= 15 is 0 Å². The fourth-order valence-corrected chi connectivity index (χ4v) is 2.29. The number of amides is 1. The normalized spacial score (nSPS) is 19.9. The predicted molar refractivity (Wildman–Crippen MR) is 77.3 cm³/mol. The van der Waals surface area contributed by atoms with Gasteiger partial charge in [0.15, 0.2) is 0 Å². The van der Waals surface area contributed by atoms with E-state index in [0.717, 1.165) is 31.7 Å². The summed E-state index contributed by atoms with van der Waals surface area (Å²) in [5.74, 6) is 0. The molecule has 0 bridgehead atoms. The van der Waals surface area contributed by atoms with Crippen LogP contribution < -0.4 is 5.32 Å². The summed E-state index contributed by atoms with van der Waals surface area (Å²) in [4.78, 5) is 18.3. The second-order valence-corrected chi connectivity index (χ2v) is 6.19. The molecule has 1 aliphatic heterocycles. The lowest BCUT2D eigenvalue weighted by molar-refractivity contribution is 0.0505. The molecule has 1 aromatic heterocycles. The van der Waals surface area contributed by atoms with Gasteiger partial charge in [-0.2, -0.15) is 0 Å². The Morgan fingerprint density at radius 2 is 2.30 bits per heavy atom. The van der Waals surface area contributed by atoms with Crippen molar-refractivity contribution in [2.75, 3.05) is 13.1 Å². The van der Waals surface area contributed by atoms with E-state index in [4.69, 9.17) is 4.74 Å². The van der Waals surface area contributed by atoms with Crippen molar-refractivity contribution < 1.29 is 9.53 Å². The number of hydrogen-bond acceptors (Lipinski definition) is 4. The lowest BCUT2D eigenvalue weighted by atomic mass is 10.2. The van der Waals surface area contributed by atoms with Gasteiger partial charge in [-0.05, 0) is 39.3 Å². The number of carbonyl (C=O) groups excluding carboxylic acids is 1. The van der Waals surface area contributed by atoms with Crippen molar-refractivity contribution in [1.82, 2.24) is 15.2 Å². The quantitative estimate of drug-likeness (QED) is 0.920. The molecule has 1 N–H and O–H groups in total. The van der Waals surface area contributed by atoms with Gasteiger partial charge in [0.2, 0.25) is 0 Å². The van der Waals surface area contributed by atoms with Crippen molar-refractivity contribution in [3.05, 3.63) is 30.1 Å². The Morgan fingerprint density at radius 1 is 1.50 bits per heavy atom. The highest BCUT2D eigenvalue weighted by molar-refractivity contribution is 5.68. The van der Waals surface area contributed by atoms with E-state index in [1.165, 1.54) is 0 Å². The number of carbonyl (C=O) groups is 1. The van der Waals surface area contributed by atoms with Gasteiger partial charge in [0, 0.05) is 31.9 Å². The van der Waals surface area contributed by atoms with Gasteiger partial charge in [0.1, 0.15) is 5.60 Å². The third kappa shape index (κ3) is 4.81. The number of rotatable bonds is 3. The van der Waals surface area contributed by atoms with E-state index < -0.39 is 5.60 Å². The Bertz CT molecular complexity index is 442. The van der Waals surface area contributed by atoms with Gasteiger partial charge in [-0.15, -0.1) is 0 Å². The molecule has 0 aliphatic carbocycles. The van der Waals surface area contributed by atoms with Crippen LogP contribution in [-0.2, 0) is 11.3 Å². The van der Waals surface area contributed by atoms with Crippen LogP contribution in [0.2, 0.25) is 0 Å². The number of nitrogens with one attached hydrogen (secondary N) is 1. The SMILES string of the molecule is CC(C)(C)OC(=O)NC1CCN(Cc2ccccn2)C1. The van der Waals surface area contributed by atoms with Crippen LogP contribution in [-0.4, -0.2) is 40.7 Å². The Kier molecular flexibility index (Phi) is 4.60. The van der Waals surface area contributed by atoms with Crippen molar-refractivity contribution in [2.24, 2.45) is 0 Å². The standard InChI is InChI=1S/C15H23N3O2/c1-15(2,3)20-14(19)17-13-7-9-18(11-13)10-12-6-4-5-8-16-12/h4-6,8,13H,7,9-11H2,1-3H3,(H,17,19). The van der Waals surface area contributed by atoms with Crippen molar-refractivity contribution >= 4 is 6.09 Å². The first-order chi connectivity index (χ1) is 9.42. The monoisotopic (exact) mass is 277 g/mol. The molecule has 0 aromatic carbocycles. The average molecular weight is 277 g/mol. The lowest BCUT2D eigenvalue weighted by Gasteiger charge is -2.22. The zero-order chi connectivity index (χ0) is 14.6. The molecule has 2 rings (SSSR count). The third-order valence-corrected chi connectivity index (χ3v) is 3.10. The number of hydrogen-bond donors (Lipinski definition) is 1. The molecule has 1 fully saturated rings. The van der Waals surface area contributed by atoms with Crippen LogP contribution in [0.5, 0.6) is 0 Å². The number of pyridine rings is 1. The van der Waals surface area contributed by atoms with Gasteiger partial charge >= 0.3 is 6.09 Å². The maximum absolute atomic E-state index is 11.7. The molecular weight excluding hydrogens is 254 g/mol. The van der Waals surface area contributed by atoms with Gasteiger partial charge in [-0.25, -0.2) is 4.79 Å². The highest BCUT2D eigenvalue weighted by Gasteiger charge is 2.26. The van der Waals surface area contributed by atoms with Gasteiger partial charge in [0.25, 0.3) is 0 Å². The number of likely N-dealkylation sites (tertiary alicyclic amines) is 1. The van der Waals surface area contributed by atoms with Gasteiger partial charge in [-0.1, -0.05) is 6.07 Å². The maximum Gasteiger partial charge on any atom is 0.407 e. The molecule has 1 amide bonds. The van der Waals surface area contributed by atoms with E-state index in [9.17, 15) is 4.79 Å². The maximum atomic E-state index is 11.7. The summed E-state index contributed by atoms with van der Waals surface area (Å²) in [6, 6.07) is 6.10. The third-order valence-electron chi connectivity index (χ3n) is 3.10. The number of aromatic nitrogens is 1. The average Bonchev–Trinajstić information content (AvgIpc) is 2.75. The number of alkyl carbamates (subject to hydrolysis) is 1. The van der Waals surface area contributed by atoms with Crippen molar-refractivity contribution in [2.45, 2.75) is 45.4 Å². The predicted octanol–water partition coefficient (Wildman–Crippen LogP) is 2.18. The topological polar surface area (TPSA) is 54.5 Å². The van der Waals surface area contributed by atoms with E-state index in [0.29, 0.717) is 0 Å². The first-order valence-electron chi connectivity index (χ1n) is 7.04. The molecule has 110 valence electrons. The first-order valence-corrected chi connectivity index (χ1v) is 7.04. The van der Waals surface area contributed by atoms with Gasteiger partial charge in [0.05, 0.1) is 5.69 Å². The van der Waals surface area contributed by atoms with Crippen LogP contribution in [0.3, 0.4) is 0 Å². The molecule has 5 heteroatoms. The largest absolute Gasteiger partial charge is 0.444 e. The van der Waals surface area contributed by atoms with Gasteiger partial charge in [-0.3, -0.25) is 9.88 Å². The fraction of sp³-hybridized carbons (Fsp3) is 0.600. The minimum atomic E-state index is -0.448. The molecule has 1 aliphatic rings. The molecular formula is C15H23N3O2. The summed E-state index contributed by atoms with van der Waals surface area (Å²) in [5.41, 5.74) is 0.612. The Balaban J connectivity index is 1.77. The lowest BCUT2D eigenvalue weighted by Crippen LogP contribution is -2.40. The summed E-state index contributed by atoms with van der Waals surface area (Å²) < 4.78 is 5.27. The summed E-state index contributed by atoms with van der Waals surface area (Å²) in [7, 11) is 0. The highest BCUT2D eigenvalue weighted by atomic mass is 16.6.